The van der Waals surface area contributed by atoms with Crippen molar-refractivity contribution in [1.29, 1.82) is 0 Å². The van der Waals surface area contributed by atoms with E-state index in [2.05, 4.69) is 4.99 Å². The fourth-order valence-electron chi connectivity index (χ4n) is 2.34. The summed E-state index contributed by atoms with van der Waals surface area (Å²) in [6.45, 7) is 1.98. The Balaban J connectivity index is 1.87. The molecular weight excluding hydrogens is 302 g/mol. The minimum absolute atomic E-state index is 0.256. The van der Waals surface area contributed by atoms with Crippen molar-refractivity contribution >= 4 is 24.0 Å². The summed E-state index contributed by atoms with van der Waals surface area (Å²) in [4.78, 5) is 16.3. The van der Waals surface area contributed by atoms with Crippen molar-refractivity contribution in [2.24, 2.45) is 4.99 Å². The first kappa shape index (κ1) is 15.7. The molecule has 120 valence electrons. The van der Waals surface area contributed by atoms with Gasteiger partial charge in [0.2, 0.25) is 5.90 Å². The van der Waals surface area contributed by atoms with Crippen molar-refractivity contribution < 1.29 is 14.3 Å². The molecule has 1 aliphatic rings. The minimum Gasteiger partial charge on any atom is -0.496 e. The Bertz CT molecular complexity index is 848. The fourth-order valence-corrected chi connectivity index (χ4v) is 2.34. The summed E-state index contributed by atoms with van der Waals surface area (Å²) in [5, 5.41) is 0. The molecule has 4 heteroatoms. The predicted octanol–water partition coefficient (Wildman–Crippen LogP) is 4.01. The lowest BCUT2D eigenvalue weighted by molar-refractivity contribution is -0.129. The van der Waals surface area contributed by atoms with Crippen molar-refractivity contribution in [3.8, 4) is 5.75 Å². The SMILES string of the molecule is COc1ccc(C)cc1/C=C1N=C(/C=C/c2ccccc2)OC\1=O. The molecule has 24 heavy (non-hydrogen) atoms. The third-order valence-electron chi connectivity index (χ3n) is 3.53. The summed E-state index contributed by atoms with van der Waals surface area (Å²) in [6, 6.07) is 15.5. The van der Waals surface area contributed by atoms with E-state index in [1.807, 2.05) is 61.5 Å². The molecule has 0 N–H and O–H groups in total. The Morgan fingerprint density at radius 1 is 1.08 bits per heavy atom. The van der Waals surface area contributed by atoms with Gasteiger partial charge in [-0.25, -0.2) is 9.79 Å². The first-order valence-electron chi connectivity index (χ1n) is 7.56. The third-order valence-corrected chi connectivity index (χ3v) is 3.53. The van der Waals surface area contributed by atoms with Crippen LogP contribution in [0.15, 0.2) is 65.3 Å². The van der Waals surface area contributed by atoms with Crippen LogP contribution in [-0.2, 0) is 9.53 Å². The van der Waals surface area contributed by atoms with Gasteiger partial charge in [0.05, 0.1) is 7.11 Å². The van der Waals surface area contributed by atoms with Crippen LogP contribution in [0, 0.1) is 6.92 Å². The highest BCUT2D eigenvalue weighted by Crippen LogP contribution is 2.24. The van der Waals surface area contributed by atoms with E-state index in [4.69, 9.17) is 9.47 Å². The number of methoxy groups -OCH3 is 1. The normalized spacial score (nSPS) is 15.7. The van der Waals surface area contributed by atoms with E-state index in [9.17, 15) is 4.79 Å². The fraction of sp³-hybridized carbons (Fsp3) is 0.100. The van der Waals surface area contributed by atoms with E-state index < -0.39 is 5.97 Å². The summed E-state index contributed by atoms with van der Waals surface area (Å²) < 4.78 is 10.5. The van der Waals surface area contributed by atoms with Crippen LogP contribution in [0.2, 0.25) is 0 Å². The molecule has 0 unspecified atom stereocenters. The van der Waals surface area contributed by atoms with Gasteiger partial charge in [0.1, 0.15) is 5.75 Å². The first-order valence-corrected chi connectivity index (χ1v) is 7.56. The van der Waals surface area contributed by atoms with E-state index >= 15 is 0 Å². The second-order valence-electron chi connectivity index (χ2n) is 5.36. The number of aryl methyl sites for hydroxylation is 1. The van der Waals surface area contributed by atoms with Crippen LogP contribution in [-0.4, -0.2) is 19.0 Å². The van der Waals surface area contributed by atoms with Gasteiger partial charge in [0, 0.05) is 11.6 Å². The lowest BCUT2D eigenvalue weighted by Gasteiger charge is -2.05. The average Bonchev–Trinajstić information content (AvgIpc) is 2.94. The van der Waals surface area contributed by atoms with E-state index in [1.165, 1.54) is 0 Å². The summed E-state index contributed by atoms with van der Waals surface area (Å²) >= 11 is 0. The molecule has 0 spiro atoms. The summed E-state index contributed by atoms with van der Waals surface area (Å²) in [5.74, 6) is 0.498. The summed E-state index contributed by atoms with van der Waals surface area (Å²) in [6.07, 6.45) is 5.21. The van der Waals surface area contributed by atoms with Crippen molar-refractivity contribution in [1.82, 2.24) is 0 Å². The first-order chi connectivity index (χ1) is 11.7. The van der Waals surface area contributed by atoms with Crippen molar-refractivity contribution in [3.63, 3.8) is 0 Å². The average molecular weight is 319 g/mol. The summed E-state index contributed by atoms with van der Waals surface area (Å²) in [7, 11) is 1.59. The van der Waals surface area contributed by atoms with Crippen LogP contribution in [0.4, 0.5) is 0 Å². The van der Waals surface area contributed by atoms with Gasteiger partial charge in [0.25, 0.3) is 0 Å². The highest BCUT2D eigenvalue weighted by molar-refractivity contribution is 6.11. The van der Waals surface area contributed by atoms with E-state index in [-0.39, 0.29) is 11.6 Å². The summed E-state index contributed by atoms with van der Waals surface area (Å²) in [5.41, 5.74) is 3.13. The zero-order valence-corrected chi connectivity index (χ0v) is 13.5. The van der Waals surface area contributed by atoms with Crippen LogP contribution < -0.4 is 4.74 Å². The molecule has 0 aromatic heterocycles. The van der Waals surface area contributed by atoms with Gasteiger partial charge in [0.15, 0.2) is 5.70 Å². The highest BCUT2D eigenvalue weighted by Gasteiger charge is 2.21. The number of hydrogen-bond donors (Lipinski definition) is 0. The molecule has 0 radical (unpaired) electrons. The number of aliphatic imine (C=N–C) groups is 1. The van der Waals surface area contributed by atoms with Crippen LogP contribution >= 0.6 is 0 Å². The Morgan fingerprint density at radius 3 is 2.62 bits per heavy atom. The molecule has 0 saturated heterocycles. The van der Waals surface area contributed by atoms with Crippen LogP contribution in [0.3, 0.4) is 0 Å². The quantitative estimate of drug-likeness (QED) is 0.632. The zero-order chi connectivity index (χ0) is 16.9. The molecule has 0 saturated carbocycles. The molecule has 3 rings (SSSR count). The molecule has 0 bridgehead atoms. The maximum Gasteiger partial charge on any atom is 0.363 e. The Morgan fingerprint density at radius 2 is 1.88 bits per heavy atom. The molecule has 2 aromatic rings. The van der Waals surface area contributed by atoms with E-state index in [0.717, 1.165) is 16.7 Å². The van der Waals surface area contributed by atoms with Gasteiger partial charge >= 0.3 is 5.97 Å². The Kier molecular flexibility index (Phi) is 4.57. The largest absolute Gasteiger partial charge is 0.496 e. The number of nitrogens with zero attached hydrogens (tertiary/aromatic N) is 1. The van der Waals surface area contributed by atoms with E-state index in [1.54, 1.807) is 19.3 Å². The van der Waals surface area contributed by atoms with Gasteiger partial charge in [-0.1, -0.05) is 42.0 Å². The lowest BCUT2D eigenvalue weighted by Crippen LogP contribution is -2.01. The van der Waals surface area contributed by atoms with Crippen molar-refractivity contribution in [2.75, 3.05) is 7.11 Å². The van der Waals surface area contributed by atoms with Gasteiger partial charge in [-0.05, 0) is 36.8 Å². The maximum absolute atomic E-state index is 12.0. The standard InChI is InChI=1S/C20H17NO3/c1-14-8-10-18(23-2)16(12-14)13-17-20(22)24-19(21-17)11-9-15-6-4-3-5-7-15/h3-13H,1-2H3/b11-9+,17-13-. The molecule has 4 nitrogen and oxygen atoms in total. The van der Waals surface area contributed by atoms with Crippen molar-refractivity contribution in [3.05, 3.63) is 77.0 Å². The smallest absolute Gasteiger partial charge is 0.363 e. The van der Waals surface area contributed by atoms with Gasteiger partial charge in [-0.2, -0.15) is 0 Å². The van der Waals surface area contributed by atoms with Crippen molar-refractivity contribution in [2.45, 2.75) is 6.92 Å². The number of hydrogen-bond acceptors (Lipinski definition) is 4. The zero-order valence-electron chi connectivity index (χ0n) is 13.5. The van der Waals surface area contributed by atoms with Crippen LogP contribution in [0.25, 0.3) is 12.2 Å². The third kappa shape index (κ3) is 3.60. The molecule has 0 amide bonds. The van der Waals surface area contributed by atoms with E-state index in [0.29, 0.717) is 5.75 Å². The van der Waals surface area contributed by atoms with Crippen LogP contribution in [0.1, 0.15) is 16.7 Å². The molecule has 0 atom stereocenters. The monoisotopic (exact) mass is 319 g/mol. The number of carbonyl (C=O) groups is 1. The number of rotatable bonds is 4. The molecule has 0 fully saturated rings. The Hall–Kier alpha value is -3.14. The number of esters is 1. The number of ether oxygens (including phenoxy) is 2. The maximum atomic E-state index is 12.0. The molecule has 2 aromatic carbocycles. The van der Waals surface area contributed by atoms with Gasteiger partial charge in [-0.15, -0.1) is 0 Å². The second-order valence-corrected chi connectivity index (χ2v) is 5.36. The second kappa shape index (κ2) is 6.96. The number of benzene rings is 2. The Labute approximate surface area is 140 Å². The molecule has 1 aliphatic heterocycles. The topological polar surface area (TPSA) is 47.9 Å². The molecule has 0 aliphatic carbocycles. The lowest BCUT2D eigenvalue weighted by atomic mass is 10.1. The molecular formula is C20H17NO3. The minimum atomic E-state index is -0.466. The highest BCUT2D eigenvalue weighted by atomic mass is 16.6. The number of carbonyl (C=O) groups excluding carboxylic acids is 1. The molecule has 1 heterocycles. The van der Waals surface area contributed by atoms with Gasteiger partial charge in [-0.3, -0.25) is 0 Å². The predicted molar refractivity (Wildman–Crippen MR) is 94.7 cm³/mol. The van der Waals surface area contributed by atoms with Gasteiger partial charge < -0.3 is 9.47 Å². The number of cyclic esters (lactones) is 1. The van der Waals surface area contributed by atoms with Crippen LogP contribution in [0.5, 0.6) is 5.75 Å².